The van der Waals surface area contributed by atoms with E-state index < -0.39 is 5.60 Å². The van der Waals surface area contributed by atoms with E-state index in [4.69, 9.17) is 4.74 Å². The molecule has 2 heteroatoms. The molecule has 0 saturated heterocycles. The van der Waals surface area contributed by atoms with Gasteiger partial charge in [0.2, 0.25) is 0 Å². The lowest BCUT2D eigenvalue weighted by molar-refractivity contribution is 0.0284. The van der Waals surface area contributed by atoms with E-state index >= 15 is 0 Å². The molecule has 0 saturated carbocycles. The molecule has 0 fully saturated rings. The summed E-state index contributed by atoms with van der Waals surface area (Å²) in [4.78, 5) is 0. The van der Waals surface area contributed by atoms with E-state index in [-0.39, 0.29) is 0 Å². The van der Waals surface area contributed by atoms with E-state index in [2.05, 4.69) is 13.8 Å². The molecule has 0 bridgehead atoms. The summed E-state index contributed by atoms with van der Waals surface area (Å²) < 4.78 is 5.40. The Balaban J connectivity index is 0.000000557. The second-order valence-corrected chi connectivity index (χ2v) is 4.92. The van der Waals surface area contributed by atoms with Gasteiger partial charge < -0.3 is 9.84 Å². The molecule has 1 aromatic rings. The van der Waals surface area contributed by atoms with Crippen molar-refractivity contribution >= 4 is 0 Å². The second-order valence-electron chi connectivity index (χ2n) is 4.92. The van der Waals surface area contributed by atoms with E-state index in [0.717, 1.165) is 11.3 Å². The van der Waals surface area contributed by atoms with Gasteiger partial charge >= 0.3 is 0 Å². The molecule has 1 aromatic carbocycles. The van der Waals surface area contributed by atoms with Gasteiger partial charge in [-0.2, -0.15) is 0 Å². The van der Waals surface area contributed by atoms with Gasteiger partial charge in [0.1, 0.15) is 12.4 Å². The standard InChI is InChI=1S/C11H16O2.C4H10/c1-9-5-4-6-10(7-9)13-8-11(2,3)12;1-3-4-2/h4-7,12H,8H2,1-3H3;3-4H2,1-2H3. The molecule has 0 atom stereocenters. The van der Waals surface area contributed by atoms with Gasteiger partial charge in [0.15, 0.2) is 0 Å². The largest absolute Gasteiger partial charge is 0.491 e. The van der Waals surface area contributed by atoms with Crippen LogP contribution in [0.25, 0.3) is 0 Å². The Morgan fingerprint density at radius 1 is 1.18 bits per heavy atom. The molecule has 0 aliphatic rings. The summed E-state index contributed by atoms with van der Waals surface area (Å²) in [5.41, 5.74) is 0.386. The van der Waals surface area contributed by atoms with Crippen LogP contribution in [-0.4, -0.2) is 17.3 Å². The highest BCUT2D eigenvalue weighted by Gasteiger charge is 2.12. The molecule has 1 rings (SSSR count). The van der Waals surface area contributed by atoms with Gasteiger partial charge in [0.25, 0.3) is 0 Å². The van der Waals surface area contributed by atoms with Gasteiger partial charge in [0, 0.05) is 0 Å². The Kier molecular flexibility index (Phi) is 7.64. The van der Waals surface area contributed by atoms with Crippen LogP contribution < -0.4 is 4.74 Å². The molecule has 98 valence electrons. The number of aryl methyl sites for hydroxylation is 1. The lowest BCUT2D eigenvalue weighted by Gasteiger charge is -2.17. The first-order chi connectivity index (χ1) is 7.89. The van der Waals surface area contributed by atoms with E-state index in [1.54, 1.807) is 13.8 Å². The fourth-order valence-electron chi connectivity index (χ4n) is 0.965. The summed E-state index contributed by atoms with van der Waals surface area (Å²) in [7, 11) is 0. The van der Waals surface area contributed by atoms with Crippen molar-refractivity contribution in [2.45, 2.75) is 53.1 Å². The van der Waals surface area contributed by atoms with Crippen molar-refractivity contribution in [2.75, 3.05) is 6.61 Å². The minimum Gasteiger partial charge on any atom is -0.491 e. The molecule has 2 nitrogen and oxygen atoms in total. The minimum atomic E-state index is -0.774. The summed E-state index contributed by atoms with van der Waals surface area (Å²) >= 11 is 0. The Morgan fingerprint density at radius 3 is 2.18 bits per heavy atom. The molecule has 17 heavy (non-hydrogen) atoms. The number of rotatable bonds is 4. The van der Waals surface area contributed by atoms with E-state index in [1.807, 2.05) is 31.2 Å². The molecule has 0 heterocycles. The fraction of sp³-hybridized carbons (Fsp3) is 0.600. The Morgan fingerprint density at radius 2 is 1.76 bits per heavy atom. The predicted molar refractivity (Wildman–Crippen MR) is 73.6 cm³/mol. The van der Waals surface area contributed by atoms with Crippen molar-refractivity contribution in [1.29, 1.82) is 0 Å². The Labute approximate surface area is 106 Å². The molecule has 0 spiro atoms. The third-order valence-corrected chi connectivity index (χ3v) is 2.08. The first-order valence-corrected chi connectivity index (χ1v) is 6.31. The number of hydrogen-bond acceptors (Lipinski definition) is 2. The van der Waals surface area contributed by atoms with Crippen LogP contribution in [0.1, 0.15) is 46.1 Å². The number of ether oxygens (including phenoxy) is 1. The van der Waals surface area contributed by atoms with E-state index in [0.29, 0.717) is 6.61 Å². The van der Waals surface area contributed by atoms with Crippen LogP contribution in [0.2, 0.25) is 0 Å². The van der Waals surface area contributed by atoms with Crippen molar-refractivity contribution in [2.24, 2.45) is 0 Å². The highest BCUT2D eigenvalue weighted by Crippen LogP contribution is 2.14. The van der Waals surface area contributed by atoms with Crippen LogP contribution in [0.3, 0.4) is 0 Å². The molecular weight excluding hydrogens is 212 g/mol. The molecule has 0 radical (unpaired) electrons. The lowest BCUT2D eigenvalue weighted by Crippen LogP contribution is -2.27. The third kappa shape index (κ3) is 9.88. The monoisotopic (exact) mass is 238 g/mol. The van der Waals surface area contributed by atoms with Gasteiger partial charge in [0.05, 0.1) is 5.60 Å². The Hall–Kier alpha value is -1.02. The van der Waals surface area contributed by atoms with Gasteiger partial charge in [-0.3, -0.25) is 0 Å². The summed E-state index contributed by atoms with van der Waals surface area (Å²) in [5.74, 6) is 0.808. The number of aliphatic hydroxyl groups is 1. The maximum Gasteiger partial charge on any atom is 0.119 e. The maximum atomic E-state index is 9.42. The first kappa shape index (κ1) is 16.0. The molecule has 0 aliphatic carbocycles. The molecule has 1 N–H and O–H groups in total. The summed E-state index contributed by atoms with van der Waals surface area (Å²) in [6, 6.07) is 7.79. The van der Waals surface area contributed by atoms with Crippen molar-refractivity contribution in [3.63, 3.8) is 0 Å². The SMILES string of the molecule is CCCC.Cc1cccc(OCC(C)(C)O)c1. The second kappa shape index (κ2) is 8.13. The first-order valence-electron chi connectivity index (χ1n) is 6.31. The zero-order chi connectivity index (χ0) is 13.3. The summed E-state index contributed by atoms with van der Waals surface area (Å²) in [6.45, 7) is 10.1. The minimum absolute atomic E-state index is 0.316. The topological polar surface area (TPSA) is 29.5 Å². The average molecular weight is 238 g/mol. The smallest absolute Gasteiger partial charge is 0.119 e. The molecule has 0 aromatic heterocycles. The van der Waals surface area contributed by atoms with Crippen LogP contribution >= 0.6 is 0 Å². The van der Waals surface area contributed by atoms with Crippen LogP contribution in [0.5, 0.6) is 5.75 Å². The molecule has 0 amide bonds. The molecule has 0 unspecified atom stereocenters. The zero-order valence-corrected chi connectivity index (χ0v) is 11.8. The van der Waals surface area contributed by atoms with Crippen molar-refractivity contribution in [1.82, 2.24) is 0 Å². The van der Waals surface area contributed by atoms with Crippen LogP contribution in [0.4, 0.5) is 0 Å². The highest BCUT2D eigenvalue weighted by molar-refractivity contribution is 5.27. The zero-order valence-electron chi connectivity index (χ0n) is 11.8. The van der Waals surface area contributed by atoms with E-state index in [9.17, 15) is 5.11 Å². The maximum absolute atomic E-state index is 9.42. The molecule has 0 aliphatic heterocycles. The van der Waals surface area contributed by atoms with Crippen LogP contribution in [0, 0.1) is 6.92 Å². The van der Waals surface area contributed by atoms with Gasteiger partial charge in [-0.15, -0.1) is 0 Å². The summed E-state index contributed by atoms with van der Waals surface area (Å²) in [5, 5.41) is 9.42. The molecular formula is C15H26O2. The third-order valence-electron chi connectivity index (χ3n) is 2.08. The number of unbranched alkanes of at least 4 members (excludes halogenated alkanes) is 1. The van der Waals surface area contributed by atoms with Gasteiger partial charge in [-0.05, 0) is 38.5 Å². The Bertz CT molecular complexity index is 298. The summed E-state index contributed by atoms with van der Waals surface area (Å²) in [6.07, 6.45) is 2.64. The normalized spacial score (nSPS) is 10.5. The lowest BCUT2D eigenvalue weighted by atomic mass is 10.2. The van der Waals surface area contributed by atoms with Crippen molar-refractivity contribution < 1.29 is 9.84 Å². The van der Waals surface area contributed by atoms with Crippen LogP contribution in [-0.2, 0) is 0 Å². The average Bonchev–Trinajstić information content (AvgIpc) is 2.26. The van der Waals surface area contributed by atoms with Gasteiger partial charge in [-0.1, -0.05) is 38.8 Å². The predicted octanol–water partition coefficient (Wildman–Crippen LogP) is 3.95. The number of benzene rings is 1. The van der Waals surface area contributed by atoms with Gasteiger partial charge in [-0.25, -0.2) is 0 Å². The van der Waals surface area contributed by atoms with Crippen molar-refractivity contribution in [3.05, 3.63) is 29.8 Å². The van der Waals surface area contributed by atoms with E-state index in [1.165, 1.54) is 12.8 Å². The number of hydrogen-bond donors (Lipinski definition) is 1. The van der Waals surface area contributed by atoms with Crippen molar-refractivity contribution in [3.8, 4) is 5.75 Å². The van der Waals surface area contributed by atoms with Crippen LogP contribution in [0.15, 0.2) is 24.3 Å². The quantitative estimate of drug-likeness (QED) is 0.860. The fourth-order valence-corrected chi connectivity index (χ4v) is 0.965. The highest BCUT2D eigenvalue weighted by atomic mass is 16.5.